The maximum absolute atomic E-state index is 12.3. The van der Waals surface area contributed by atoms with Crippen molar-refractivity contribution in [3.05, 3.63) is 60.5 Å². The number of rotatable bonds is 9. The number of hydrogen-bond donors (Lipinski definition) is 0. The maximum Gasteiger partial charge on any atom is 0.246 e. The van der Waals surface area contributed by atoms with Gasteiger partial charge in [-0.2, -0.15) is 4.98 Å². The van der Waals surface area contributed by atoms with Crippen LogP contribution in [-0.4, -0.2) is 41.7 Å². The molecule has 0 radical (unpaired) electrons. The second-order valence-corrected chi connectivity index (χ2v) is 6.26. The highest BCUT2D eigenvalue weighted by atomic mass is 16.5. The molecule has 3 rings (SSSR count). The number of amides is 1. The molecule has 0 aliphatic heterocycles. The van der Waals surface area contributed by atoms with Gasteiger partial charge in [-0.25, -0.2) is 0 Å². The molecule has 0 N–H and O–H groups in total. The molecule has 2 aromatic carbocycles. The lowest BCUT2D eigenvalue weighted by atomic mass is 10.2. The van der Waals surface area contributed by atoms with Gasteiger partial charge in [0.15, 0.2) is 0 Å². The fourth-order valence-corrected chi connectivity index (χ4v) is 2.59. The molecule has 7 heteroatoms. The van der Waals surface area contributed by atoms with Crippen LogP contribution >= 0.6 is 0 Å². The number of nitrogens with zero attached hydrogens (tertiary/aromatic N) is 3. The minimum absolute atomic E-state index is 0.00204. The van der Waals surface area contributed by atoms with Gasteiger partial charge in [-0.15, -0.1) is 0 Å². The van der Waals surface area contributed by atoms with Gasteiger partial charge < -0.3 is 18.9 Å². The van der Waals surface area contributed by atoms with Crippen molar-refractivity contribution in [2.75, 3.05) is 20.8 Å². The summed E-state index contributed by atoms with van der Waals surface area (Å²) in [5.74, 6) is 2.45. The third kappa shape index (κ3) is 5.33. The minimum Gasteiger partial charge on any atom is -0.497 e. The first-order valence-corrected chi connectivity index (χ1v) is 9.04. The topological polar surface area (TPSA) is 77.7 Å². The van der Waals surface area contributed by atoms with Crippen LogP contribution in [0.3, 0.4) is 0 Å². The number of methoxy groups -OCH3 is 1. The fraction of sp³-hybridized carbons (Fsp3) is 0.286. The molecule has 1 amide bonds. The van der Waals surface area contributed by atoms with Crippen LogP contribution in [0.1, 0.15) is 18.7 Å². The molecule has 1 heterocycles. The Labute approximate surface area is 163 Å². The molecule has 0 spiro atoms. The average molecular weight is 381 g/mol. The van der Waals surface area contributed by atoms with E-state index in [0.717, 1.165) is 17.1 Å². The van der Waals surface area contributed by atoms with Crippen LogP contribution in [0.2, 0.25) is 0 Å². The molecule has 0 fully saturated rings. The molecule has 146 valence electrons. The summed E-state index contributed by atoms with van der Waals surface area (Å²) in [6.45, 7) is 0.739. The Morgan fingerprint density at radius 3 is 2.50 bits per heavy atom. The van der Waals surface area contributed by atoms with Crippen LogP contribution in [0.4, 0.5) is 0 Å². The van der Waals surface area contributed by atoms with E-state index in [9.17, 15) is 4.79 Å². The molecule has 28 heavy (non-hydrogen) atoms. The fourth-order valence-electron chi connectivity index (χ4n) is 2.59. The first-order chi connectivity index (χ1) is 13.7. The van der Waals surface area contributed by atoms with Crippen molar-refractivity contribution in [1.29, 1.82) is 0 Å². The van der Waals surface area contributed by atoms with Gasteiger partial charge in [0.05, 0.1) is 20.3 Å². The summed E-state index contributed by atoms with van der Waals surface area (Å²) in [5.41, 5.74) is 0.877. The number of benzene rings is 2. The first-order valence-electron chi connectivity index (χ1n) is 9.04. The van der Waals surface area contributed by atoms with Gasteiger partial charge in [0.25, 0.3) is 0 Å². The van der Waals surface area contributed by atoms with E-state index < -0.39 is 0 Å². The number of hydrogen-bond acceptors (Lipinski definition) is 6. The lowest BCUT2D eigenvalue weighted by Gasteiger charge is -2.14. The molecule has 0 saturated carbocycles. The van der Waals surface area contributed by atoms with Crippen molar-refractivity contribution in [3.63, 3.8) is 0 Å². The van der Waals surface area contributed by atoms with Gasteiger partial charge >= 0.3 is 0 Å². The molecular formula is C21H23N3O4. The zero-order chi connectivity index (χ0) is 19.8. The van der Waals surface area contributed by atoms with Crippen molar-refractivity contribution >= 4 is 5.91 Å². The monoisotopic (exact) mass is 381 g/mol. The second kappa shape index (κ2) is 9.55. The summed E-state index contributed by atoms with van der Waals surface area (Å²) in [5, 5.41) is 3.97. The normalized spacial score (nSPS) is 10.5. The van der Waals surface area contributed by atoms with Crippen molar-refractivity contribution < 1.29 is 18.8 Å². The summed E-state index contributed by atoms with van der Waals surface area (Å²) in [6, 6.07) is 16.9. The van der Waals surface area contributed by atoms with Crippen molar-refractivity contribution in [3.8, 4) is 22.9 Å². The number of aromatic nitrogens is 2. The van der Waals surface area contributed by atoms with Crippen LogP contribution in [0.25, 0.3) is 11.4 Å². The van der Waals surface area contributed by atoms with Crippen molar-refractivity contribution in [2.45, 2.75) is 19.4 Å². The Morgan fingerprint density at radius 2 is 1.79 bits per heavy atom. The van der Waals surface area contributed by atoms with Gasteiger partial charge in [0, 0.05) is 19.0 Å². The molecule has 3 aromatic rings. The van der Waals surface area contributed by atoms with Gasteiger partial charge in [-0.3, -0.25) is 4.79 Å². The van der Waals surface area contributed by atoms with E-state index in [0.29, 0.717) is 31.2 Å². The average Bonchev–Trinajstić information content (AvgIpc) is 3.20. The zero-order valence-electron chi connectivity index (χ0n) is 16.0. The molecule has 0 atom stereocenters. The number of carbonyl (C=O) groups is 1. The summed E-state index contributed by atoms with van der Waals surface area (Å²) < 4.78 is 16.0. The lowest BCUT2D eigenvalue weighted by molar-refractivity contribution is -0.131. The zero-order valence-corrected chi connectivity index (χ0v) is 16.0. The highest BCUT2D eigenvalue weighted by Crippen LogP contribution is 2.18. The largest absolute Gasteiger partial charge is 0.497 e. The Hall–Kier alpha value is -3.35. The SMILES string of the molecule is COc1ccc(OCCCC(=O)N(C)Cc2nc(-c3ccccc3)no2)cc1. The Kier molecular flexibility index (Phi) is 6.62. The first kappa shape index (κ1) is 19.4. The second-order valence-electron chi connectivity index (χ2n) is 6.26. The molecule has 0 unspecified atom stereocenters. The molecule has 0 aliphatic rings. The molecule has 0 aliphatic carbocycles. The summed E-state index contributed by atoms with van der Waals surface area (Å²) in [6.07, 6.45) is 1.00. The van der Waals surface area contributed by atoms with E-state index in [-0.39, 0.29) is 12.5 Å². The predicted molar refractivity (Wildman–Crippen MR) is 104 cm³/mol. The van der Waals surface area contributed by atoms with Crippen LogP contribution in [0.15, 0.2) is 59.1 Å². The van der Waals surface area contributed by atoms with E-state index >= 15 is 0 Å². The number of ether oxygens (including phenoxy) is 2. The van der Waals surface area contributed by atoms with Gasteiger partial charge in [-0.1, -0.05) is 35.5 Å². The van der Waals surface area contributed by atoms with E-state index in [1.54, 1.807) is 19.1 Å². The van der Waals surface area contributed by atoms with Crippen molar-refractivity contribution in [1.82, 2.24) is 15.0 Å². The Balaban J connectivity index is 1.41. The van der Waals surface area contributed by atoms with E-state index in [1.165, 1.54) is 0 Å². The third-order valence-electron chi connectivity index (χ3n) is 4.16. The van der Waals surface area contributed by atoms with Crippen LogP contribution in [0.5, 0.6) is 11.5 Å². The van der Waals surface area contributed by atoms with E-state index in [4.69, 9.17) is 14.0 Å². The standard InChI is InChI=1S/C21H23N3O4/c1-24(15-19-22-21(23-28-19)16-7-4-3-5-8-16)20(25)9-6-14-27-18-12-10-17(26-2)11-13-18/h3-5,7-8,10-13H,6,9,14-15H2,1-2H3. The Bertz CT molecular complexity index is 878. The highest BCUT2D eigenvalue weighted by molar-refractivity contribution is 5.75. The highest BCUT2D eigenvalue weighted by Gasteiger charge is 2.14. The third-order valence-corrected chi connectivity index (χ3v) is 4.16. The van der Waals surface area contributed by atoms with Gasteiger partial charge in [0.2, 0.25) is 17.6 Å². The van der Waals surface area contributed by atoms with E-state index in [2.05, 4.69) is 10.1 Å². The van der Waals surface area contributed by atoms with Crippen molar-refractivity contribution in [2.24, 2.45) is 0 Å². The van der Waals surface area contributed by atoms with Gasteiger partial charge in [0.1, 0.15) is 11.5 Å². The van der Waals surface area contributed by atoms with Crippen LogP contribution in [-0.2, 0) is 11.3 Å². The van der Waals surface area contributed by atoms with Gasteiger partial charge in [-0.05, 0) is 30.7 Å². The minimum atomic E-state index is -0.00204. The molecule has 0 saturated heterocycles. The number of carbonyl (C=O) groups excluding carboxylic acids is 1. The molecular weight excluding hydrogens is 358 g/mol. The lowest BCUT2D eigenvalue weighted by Crippen LogP contribution is -2.26. The maximum atomic E-state index is 12.3. The molecule has 7 nitrogen and oxygen atoms in total. The quantitative estimate of drug-likeness (QED) is 0.528. The predicted octanol–water partition coefficient (Wildman–Crippen LogP) is 3.56. The van der Waals surface area contributed by atoms with Crippen LogP contribution in [0, 0.1) is 0 Å². The smallest absolute Gasteiger partial charge is 0.246 e. The molecule has 1 aromatic heterocycles. The van der Waals surface area contributed by atoms with Crippen LogP contribution < -0.4 is 9.47 Å². The summed E-state index contributed by atoms with van der Waals surface area (Å²) >= 11 is 0. The Morgan fingerprint density at radius 1 is 1.07 bits per heavy atom. The summed E-state index contributed by atoms with van der Waals surface area (Å²) in [4.78, 5) is 18.2. The summed E-state index contributed by atoms with van der Waals surface area (Å²) in [7, 11) is 3.34. The molecule has 0 bridgehead atoms. The van der Waals surface area contributed by atoms with E-state index in [1.807, 2.05) is 54.6 Å².